The van der Waals surface area contributed by atoms with Gasteiger partial charge in [-0.15, -0.1) is 0 Å². The van der Waals surface area contributed by atoms with Gasteiger partial charge in [0.25, 0.3) is 0 Å². The topological polar surface area (TPSA) is 35.2 Å². The molecular formula is C13H19NO. The van der Waals surface area contributed by atoms with Crippen LogP contribution in [-0.2, 0) is 6.42 Å². The van der Waals surface area contributed by atoms with Crippen LogP contribution in [0.3, 0.4) is 0 Å². The maximum Gasteiger partial charge on any atom is 0.118 e. The molecule has 1 aliphatic carbocycles. The Hall–Kier alpha value is -1.02. The highest BCUT2D eigenvalue weighted by molar-refractivity contribution is 5.28. The van der Waals surface area contributed by atoms with Crippen LogP contribution in [0.5, 0.6) is 5.75 Å². The zero-order valence-corrected chi connectivity index (χ0v) is 9.33. The molecular weight excluding hydrogens is 186 g/mol. The van der Waals surface area contributed by atoms with E-state index in [2.05, 4.69) is 12.1 Å². The Bertz CT molecular complexity index is 308. The molecule has 0 bridgehead atoms. The number of methoxy groups -OCH3 is 1. The second-order valence-corrected chi connectivity index (χ2v) is 4.58. The normalized spacial score (nSPS) is 18.3. The Kier molecular flexibility index (Phi) is 2.96. The molecule has 1 aromatic carbocycles. The molecule has 1 aromatic rings. The summed E-state index contributed by atoms with van der Waals surface area (Å²) in [4.78, 5) is 0. The number of rotatable bonds is 4. The van der Waals surface area contributed by atoms with E-state index >= 15 is 0 Å². The van der Waals surface area contributed by atoms with Crippen LogP contribution in [0.2, 0.25) is 0 Å². The molecule has 2 heteroatoms. The van der Waals surface area contributed by atoms with E-state index in [9.17, 15) is 0 Å². The molecule has 0 saturated heterocycles. The first-order valence-electron chi connectivity index (χ1n) is 5.61. The third-order valence-corrected chi connectivity index (χ3v) is 3.59. The van der Waals surface area contributed by atoms with Gasteiger partial charge in [-0.2, -0.15) is 0 Å². The molecule has 15 heavy (non-hydrogen) atoms. The van der Waals surface area contributed by atoms with Crippen molar-refractivity contribution in [3.8, 4) is 5.75 Å². The predicted molar refractivity (Wildman–Crippen MR) is 62.0 cm³/mol. The van der Waals surface area contributed by atoms with Gasteiger partial charge >= 0.3 is 0 Å². The van der Waals surface area contributed by atoms with Crippen LogP contribution in [0.4, 0.5) is 0 Å². The molecule has 2 N–H and O–H groups in total. The van der Waals surface area contributed by atoms with E-state index in [0.29, 0.717) is 5.41 Å². The summed E-state index contributed by atoms with van der Waals surface area (Å²) >= 11 is 0. The van der Waals surface area contributed by atoms with Gasteiger partial charge < -0.3 is 10.5 Å². The molecule has 2 nitrogen and oxygen atoms in total. The van der Waals surface area contributed by atoms with Gasteiger partial charge in [-0.3, -0.25) is 0 Å². The average Bonchev–Trinajstić information content (AvgIpc) is 2.24. The molecule has 0 spiro atoms. The smallest absolute Gasteiger partial charge is 0.118 e. The molecule has 0 atom stereocenters. The highest BCUT2D eigenvalue weighted by Gasteiger charge is 2.35. The lowest BCUT2D eigenvalue weighted by Crippen LogP contribution is -2.39. The van der Waals surface area contributed by atoms with Crippen molar-refractivity contribution in [1.29, 1.82) is 0 Å². The summed E-state index contributed by atoms with van der Waals surface area (Å²) in [6.45, 7) is 0.818. The van der Waals surface area contributed by atoms with Crippen LogP contribution in [0.1, 0.15) is 24.8 Å². The van der Waals surface area contributed by atoms with E-state index in [0.717, 1.165) is 18.7 Å². The minimum atomic E-state index is 0.397. The van der Waals surface area contributed by atoms with Gasteiger partial charge in [0, 0.05) is 0 Å². The van der Waals surface area contributed by atoms with Gasteiger partial charge in [0.2, 0.25) is 0 Å². The van der Waals surface area contributed by atoms with E-state index in [1.165, 1.54) is 24.8 Å². The fourth-order valence-electron chi connectivity index (χ4n) is 2.31. The zero-order chi connectivity index (χ0) is 10.7. The summed E-state index contributed by atoms with van der Waals surface area (Å²) in [7, 11) is 1.70. The third kappa shape index (κ3) is 2.15. The van der Waals surface area contributed by atoms with Crippen LogP contribution >= 0.6 is 0 Å². The van der Waals surface area contributed by atoms with Crippen molar-refractivity contribution in [2.24, 2.45) is 11.1 Å². The quantitative estimate of drug-likeness (QED) is 0.819. The zero-order valence-electron chi connectivity index (χ0n) is 9.33. The lowest BCUT2D eigenvalue weighted by Gasteiger charge is -2.41. The molecule has 0 radical (unpaired) electrons. The second kappa shape index (κ2) is 4.23. The Morgan fingerprint density at radius 3 is 2.33 bits per heavy atom. The molecule has 1 fully saturated rings. The Labute approximate surface area is 91.4 Å². The molecule has 0 aromatic heterocycles. The summed E-state index contributed by atoms with van der Waals surface area (Å²) in [5.41, 5.74) is 7.62. The van der Waals surface area contributed by atoms with Gasteiger partial charge in [-0.25, -0.2) is 0 Å². The van der Waals surface area contributed by atoms with E-state index in [1.54, 1.807) is 7.11 Å². The number of benzene rings is 1. The first kappa shape index (κ1) is 10.5. The maximum atomic E-state index is 5.85. The van der Waals surface area contributed by atoms with E-state index in [1.807, 2.05) is 12.1 Å². The Morgan fingerprint density at radius 2 is 1.93 bits per heavy atom. The molecule has 0 aliphatic heterocycles. The van der Waals surface area contributed by atoms with Gasteiger partial charge in [-0.1, -0.05) is 18.6 Å². The minimum Gasteiger partial charge on any atom is -0.497 e. The fourth-order valence-corrected chi connectivity index (χ4v) is 2.31. The van der Waals surface area contributed by atoms with Gasteiger partial charge in [0.15, 0.2) is 0 Å². The van der Waals surface area contributed by atoms with Crippen LogP contribution in [0.15, 0.2) is 24.3 Å². The van der Waals surface area contributed by atoms with E-state index in [4.69, 9.17) is 10.5 Å². The van der Waals surface area contributed by atoms with Crippen molar-refractivity contribution in [3.05, 3.63) is 29.8 Å². The number of hydrogen-bond acceptors (Lipinski definition) is 2. The summed E-state index contributed by atoms with van der Waals surface area (Å²) in [6, 6.07) is 8.35. The lowest BCUT2D eigenvalue weighted by atomic mass is 9.65. The van der Waals surface area contributed by atoms with Gasteiger partial charge in [0.1, 0.15) is 5.75 Å². The van der Waals surface area contributed by atoms with Crippen molar-refractivity contribution in [3.63, 3.8) is 0 Å². The summed E-state index contributed by atoms with van der Waals surface area (Å²) in [5, 5.41) is 0. The highest BCUT2D eigenvalue weighted by atomic mass is 16.5. The molecule has 1 saturated carbocycles. The molecule has 0 heterocycles. The highest BCUT2D eigenvalue weighted by Crippen LogP contribution is 2.42. The van der Waals surface area contributed by atoms with Crippen LogP contribution < -0.4 is 10.5 Å². The van der Waals surface area contributed by atoms with Crippen molar-refractivity contribution < 1.29 is 4.74 Å². The third-order valence-electron chi connectivity index (χ3n) is 3.59. The Balaban J connectivity index is 2.03. The minimum absolute atomic E-state index is 0.397. The van der Waals surface area contributed by atoms with Crippen LogP contribution in [0, 0.1) is 5.41 Å². The first-order chi connectivity index (χ1) is 7.28. The molecule has 0 unspecified atom stereocenters. The summed E-state index contributed by atoms with van der Waals surface area (Å²) in [6.07, 6.45) is 5.03. The van der Waals surface area contributed by atoms with Gasteiger partial charge in [0.05, 0.1) is 7.11 Å². The van der Waals surface area contributed by atoms with E-state index in [-0.39, 0.29) is 0 Å². The largest absolute Gasteiger partial charge is 0.497 e. The molecule has 2 rings (SSSR count). The average molecular weight is 205 g/mol. The molecule has 0 amide bonds. The van der Waals surface area contributed by atoms with Gasteiger partial charge in [-0.05, 0) is 48.9 Å². The first-order valence-corrected chi connectivity index (χ1v) is 5.61. The SMILES string of the molecule is COc1ccc(CC2(CN)CCC2)cc1. The monoisotopic (exact) mass is 205 g/mol. The standard InChI is InChI=1S/C13H19NO/c1-15-12-5-3-11(4-6-12)9-13(10-14)7-2-8-13/h3-6H,2,7-10,14H2,1H3. The van der Waals surface area contributed by atoms with Crippen LogP contribution in [0.25, 0.3) is 0 Å². The molecule has 82 valence electrons. The summed E-state index contributed by atoms with van der Waals surface area (Å²) < 4.78 is 5.14. The number of hydrogen-bond donors (Lipinski definition) is 1. The summed E-state index contributed by atoms with van der Waals surface area (Å²) in [5.74, 6) is 0.925. The second-order valence-electron chi connectivity index (χ2n) is 4.58. The van der Waals surface area contributed by atoms with Crippen molar-refractivity contribution in [1.82, 2.24) is 0 Å². The van der Waals surface area contributed by atoms with Crippen LogP contribution in [-0.4, -0.2) is 13.7 Å². The number of ether oxygens (including phenoxy) is 1. The lowest BCUT2D eigenvalue weighted by molar-refractivity contribution is 0.145. The van der Waals surface area contributed by atoms with Crippen molar-refractivity contribution in [2.75, 3.05) is 13.7 Å². The van der Waals surface area contributed by atoms with E-state index < -0.39 is 0 Å². The Morgan fingerprint density at radius 1 is 1.27 bits per heavy atom. The predicted octanol–water partition coefficient (Wildman–Crippen LogP) is 2.37. The number of nitrogens with two attached hydrogens (primary N) is 1. The van der Waals surface area contributed by atoms with Crippen molar-refractivity contribution in [2.45, 2.75) is 25.7 Å². The maximum absolute atomic E-state index is 5.85. The van der Waals surface area contributed by atoms with Crippen molar-refractivity contribution >= 4 is 0 Å². The molecule has 1 aliphatic rings. The fraction of sp³-hybridized carbons (Fsp3) is 0.538.